The molecule has 1 atom stereocenters. The number of fused-ring (bicyclic) bond motifs is 2. The van der Waals surface area contributed by atoms with Gasteiger partial charge in [0.05, 0.1) is 23.5 Å². The smallest absolute Gasteiger partial charge is 0.236 e. The molecule has 6 rings (SSSR count). The standard InChI is InChI=1S/C28H29N5O4S/c1-32-17-21(20-11-14-29-28(34)26(20)32)27-30-24-22(31-38(2,35)36)9-6-10-23(24)33(27)25(18-7-4-3-5-8-18)19-12-15-37-16-13-19/h3-11,14,17,19,25,31H,12-13,15-16H2,1-2H3,(H,29,34)/t25-/m0/s1. The predicted molar refractivity (Wildman–Crippen MR) is 148 cm³/mol. The number of pyridine rings is 1. The van der Waals surface area contributed by atoms with Gasteiger partial charge in [0, 0.05) is 43.6 Å². The zero-order chi connectivity index (χ0) is 26.4. The second-order valence-corrected chi connectivity index (χ2v) is 11.6. The van der Waals surface area contributed by atoms with Crippen LogP contribution < -0.4 is 4.72 Å². The summed E-state index contributed by atoms with van der Waals surface area (Å²) in [6.45, 7) is 1.37. The summed E-state index contributed by atoms with van der Waals surface area (Å²) >= 11 is 0. The third kappa shape index (κ3) is 4.29. The van der Waals surface area contributed by atoms with Crippen molar-refractivity contribution in [2.75, 3.05) is 24.2 Å². The van der Waals surface area contributed by atoms with Gasteiger partial charge in [0.1, 0.15) is 16.9 Å². The zero-order valence-corrected chi connectivity index (χ0v) is 22.0. The number of aryl methyl sites for hydroxylation is 1. The summed E-state index contributed by atoms with van der Waals surface area (Å²) in [7, 11) is -1.66. The van der Waals surface area contributed by atoms with Gasteiger partial charge >= 0.3 is 0 Å². The van der Waals surface area contributed by atoms with Crippen LogP contribution in [0.1, 0.15) is 24.4 Å². The van der Waals surface area contributed by atoms with Gasteiger partial charge in [-0.2, -0.15) is 0 Å². The molecule has 2 N–H and O–H groups in total. The van der Waals surface area contributed by atoms with E-state index in [-0.39, 0.29) is 17.8 Å². The maximum atomic E-state index is 12.2. The van der Waals surface area contributed by atoms with Gasteiger partial charge in [0.2, 0.25) is 15.9 Å². The van der Waals surface area contributed by atoms with Crippen LogP contribution in [0.3, 0.4) is 0 Å². The number of aromatic nitrogens is 4. The number of ether oxygens (including phenoxy) is 1. The molecular weight excluding hydrogens is 502 g/mol. The summed E-state index contributed by atoms with van der Waals surface area (Å²) in [5.41, 5.74) is 4.40. The molecule has 0 amide bonds. The average Bonchev–Trinajstić information content (AvgIpc) is 3.44. The summed E-state index contributed by atoms with van der Waals surface area (Å²) in [5.74, 6) is 0.917. The predicted octanol–water partition coefficient (Wildman–Crippen LogP) is 4.68. The van der Waals surface area contributed by atoms with Gasteiger partial charge < -0.3 is 19.0 Å². The van der Waals surface area contributed by atoms with E-state index in [2.05, 4.69) is 26.4 Å². The summed E-state index contributed by atoms with van der Waals surface area (Å²) in [4.78, 5) is 9.16. The molecule has 0 bridgehead atoms. The molecule has 2 aromatic carbocycles. The SMILES string of the molecule is Cn1cc(-c2nc3c(NS(C)(=O)=O)cccc3n2[C@@H](c2ccccc2)C2CCOCC2)c2ccnc(O)c21. The summed E-state index contributed by atoms with van der Waals surface area (Å²) in [6.07, 6.45) is 6.44. The average molecular weight is 532 g/mol. The van der Waals surface area contributed by atoms with E-state index in [0.29, 0.717) is 35.8 Å². The minimum Gasteiger partial charge on any atom is -0.492 e. The first-order valence-corrected chi connectivity index (χ1v) is 14.5. The molecule has 0 radical (unpaired) electrons. The maximum Gasteiger partial charge on any atom is 0.236 e. The number of rotatable bonds is 6. The number of sulfonamides is 1. The first-order valence-electron chi connectivity index (χ1n) is 12.6. The molecule has 4 heterocycles. The molecule has 1 aliphatic rings. The molecule has 5 aromatic rings. The largest absolute Gasteiger partial charge is 0.492 e. The third-order valence-electron chi connectivity index (χ3n) is 7.26. The molecule has 0 unspecified atom stereocenters. The Hall–Kier alpha value is -3.89. The van der Waals surface area contributed by atoms with Crippen LogP contribution in [0.2, 0.25) is 0 Å². The van der Waals surface area contributed by atoms with Gasteiger partial charge in [0.15, 0.2) is 0 Å². The first-order chi connectivity index (χ1) is 18.3. The Morgan fingerprint density at radius 2 is 1.84 bits per heavy atom. The van der Waals surface area contributed by atoms with Gasteiger partial charge in [-0.15, -0.1) is 0 Å². The van der Waals surface area contributed by atoms with E-state index < -0.39 is 10.0 Å². The van der Waals surface area contributed by atoms with Crippen molar-refractivity contribution in [3.05, 3.63) is 72.6 Å². The molecule has 1 aliphatic heterocycles. The third-order valence-corrected chi connectivity index (χ3v) is 7.85. The maximum absolute atomic E-state index is 12.2. The lowest BCUT2D eigenvalue weighted by Crippen LogP contribution is -2.27. The van der Waals surface area contributed by atoms with Crippen LogP contribution >= 0.6 is 0 Å². The van der Waals surface area contributed by atoms with Crippen LogP contribution in [0.4, 0.5) is 5.69 Å². The quantitative estimate of drug-likeness (QED) is 0.329. The molecule has 0 spiro atoms. The van der Waals surface area contributed by atoms with E-state index >= 15 is 0 Å². The molecule has 0 saturated carbocycles. The Kier molecular flexibility index (Phi) is 6.08. The molecule has 9 nitrogen and oxygen atoms in total. The van der Waals surface area contributed by atoms with Crippen LogP contribution in [0.5, 0.6) is 5.88 Å². The minimum atomic E-state index is -3.53. The molecule has 38 heavy (non-hydrogen) atoms. The topological polar surface area (TPSA) is 111 Å². The first kappa shape index (κ1) is 24.4. The molecule has 196 valence electrons. The molecular formula is C28H29N5O4S. The fourth-order valence-electron chi connectivity index (χ4n) is 5.70. The Balaban J connectivity index is 1.69. The van der Waals surface area contributed by atoms with Crippen LogP contribution in [-0.2, 0) is 21.8 Å². The van der Waals surface area contributed by atoms with Gasteiger partial charge in [0.25, 0.3) is 0 Å². The Labute approximate surface area is 220 Å². The van der Waals surface area contributed by atoms with Crippen molar-refractivity contribution in [1.29, 1.82) is 0 Å². The van der Waals surface area contributed by atoms with Gasteiger partial charge in [-0.1, -0.05) is 36.4 Å². The second-order valence-electron chi connectivity index (χ2n) is 9.84. The van der Waals surface area contributed by atoms with Gasteiger partial charge in [-0.3, -0.25) is 4.72 Å². The lowest BCUT2D eigenvalue weighted by atomic mass is 9.86. The number of para-hydroxylation sites is 1. The summed E-state index contributed by atoms with van der Waals surface area (Å²) in [5, 5.41) is 11.3. The summed E-state index contributed by atoms with van der Waals surface area (Å²) < 4.78 is 36.9. The van der Waals surface area contributed by atoms with Crippen molar-refractivity contribution in [2.24, 2.45) is 13.0 Å². The number of benzene rings is 2. The minimum absolute atomic E-state index is 0.0534. The molecule has 10 heteroatoms. The zero-order valence-electron chi connectivity index (χ0n) is 21.2. The highest BCUT2D eigenvalue weighted by molar-refractivity contribution is 7.92. The van der Waals surface area contributed by atoms with Crippen molar-refractivity contribution in [3.63, 3.8) is 0 Å². The number of anilines is 1. The van der Waals surface area contributed by atoms with E-state index in [1.165, 1.54) is 0 Å². The van der Waals surface area contributed by atoms with Crippen LogP contribution in [-0.4, -0.2) is 52.1 Å². The van der Waals surface area contributed by atoms with Crippen molar-refractivity contribution in [2.45, 2.75) is 18.9 Å². The number of hydrogen-bond donors (Lipinski definition) is 2. The summed E-state index contributed by atoms with van der Waals surface area (Å²) in [6, 6.07) is 17.7. The Bertz CT molecular complexity index is 1740. The van der Waals surface area contributed by atoms with Gasteiger partial charge in [-0.05, 0) is 42.5 Å². The number of aromatic hydroxyl groups is 1. The fourth-order valence-corrected chi connectivity index (χ4v) is 6.26. The van der Waals surface area contributed by atoms with E-state index in [4.69, 9.17) is 9.72 Å². The van der Waals surface area contributed by atoms with Crippen molar-refractivity contribution in [1.82, 2.24) is 19.1 Å². The second kappa shape index (κ2) is 9.45. The lowest BCUT2D eigenvalue weighted by molar-refractivity contribution is 0.0549. The van der Waals surface area contributed by atoms with E-state index in [0.717, 1.165) is 41.1 Å². The van der Waals surface area contributed by atoms with Crippen LogP contribution in [0.15, 0.2) is 67.0 Å². The van der Waals surface area contributed by atoms with Crippen molar-refractivity contribution >= 4 is 37.6 Å². The van der Waals surface area contributed by atoms with Crippen molar-refractivity contribution < 1.29 is 18.3 Å². The Morgan fingerprint density at radius 1 is 1.08 bits per heavy atom. The van der Waals surface area contributed by atoms with Crippen molar-refractivity contribution in [3.8, 4) is 17.3 Å². The molecule has 1 saturated heterocycles. The lowest BCUT2D eigenvalue weighted by Gasteiger charge is -2.33. The van der Waals surface area contributed by atoms with Crippen LogP contribution in [0, 0.1) is 5.92 Å². The van der Waals surface area contributed by atoms with Crippen LogP contribution in [0.25, 0.3) is 33.3 Å². The van der Waals surface area contributed by atoms with E-state index in [1.54, 1.807) is 12.3 Å². The number of imidazole rings is 1. The number of nitrogens with zero attached hydrogens (tertiary/aromatic N) is 4. The number of nitrogens with one attached hydrogen (secondary N) is 1. The Morgan fingerprint density at radius 3 is 2.58 bits per heavy atom. The molecule has 1 fully saturated rings. The van der Waals surface area contributed by atoms with Gasteiger partial charge in [-0.25, -0.2) is 18.4 Å². The number of hydrogen-bond acceptors (Lipinski definition) is 6. The normalized spacial score (nSPS) is 15.7. The monoisotopic (exact) mass is 531 g/mol. The van der Waals surface area contributed by atoms with E-state index in [9.17, 15) is 13.5 Å². The fraction of sp³-hybridized carbons (Fsp3) is 0.286. The highest BCUT2D eigenvalue weighted by Crippen LogP contribution is 2.43. The molecule has 0 aliphatic carbocycles. The van der Waals surface area contributed by atoms with E-state index in [1.807, 2.05) is 54.2 Å². The highest BCUT2D eigenvalue weighted by Gasteiger charge is 2.32. The highest BCUT2D eigenvalue weighted by atomic mass is 32.2. The molecule has 3 aromatic heterocycles.